The molecule has 0 saturated carbocycles. The summed E-state index contributed by atoms with van der Waals surface area (Å²) in [5, 5.41) is 10.5. The van der Waals surface area contributed by atoms with Gasteiger partial charge in [-0.05, 0) is 12.0 Å². The summed E-state index contributed by atoms with van der Waals surface area (Å²) in [6.45, 7) is 7.67. The highest BCUT2D eigenvalue weighted by Gasteiger charge is 2.71. The molecule has 0 bridgehead atoms. The van der Waals surface area contributed by atoms with Crippen LogP contribution in [0.3, 0.4) is 0 Å². The van der Waals surface area contributed by atoms with Gasteiger partial charge in [0, 0.05) is 51.1 Å². The van der Waals surface area contributed by atoms with Gasteiger partial charge in [-0.15, -0.1) is 11.8 Å². The van der Waals surface area contributed by atoms with Crippen molar-refractivity contribution >= 4 is 29.5 Å². The zero-order chi connectivity index (χ0) is 28.6. The highest BCUT2D eigenvalue weighted by Crippen LogP contribution is 2.62. The molecule has 3 saturated heterocycles. The van der Waals surface area contributed by atoms with Gasteiger partial charge in [0.2, 0.25) is 17.7 Å². The van der Waals surface area contributed by atoms with Crippen molar-refractivity contribution in [1.82, 2.24) is 19.6 Å². The maximum Gasteiger partial charge on any atom is 0.247 e. The summed E-state index contributed by atoms with van der Waals surface area (Å²) >= 11 is 1.59. The van der Waals surface area contributed by atoms with Crippen molar-refractivity contribution in [1.29, 1.82) is 0 Å². The largest absolute Gasteiger partial charge is 0.394 e. The molecule has 3 amide bonds. The smallest absolute Gasteiger partial charge is 0.247 e. The lowest BCUT2D eigenvalue weighted by Crippen LogP contribution is -2.55. The van der Waals surface area contributed by atoms with E-state index in [9.17, 15) is 19.5 Å². The zero-order valence-electron chi connectivity index (χ0n) is 23.6. The molecule has 1 unspecified atom stereocenters. The van der Waals surface area contributed by atoms with Crippen molar-refractivity contribution < 1.29 is 24.2 Å². The van der Waals surface area contributed by atoms with Crippen molar-refractivity contribution in [2.75, 3.05) is 65.6 Å². The van der Waals surface area contributed by atoms with Crippen LogP contribution in [0.4, 0.5) is 0 Å². The van der Waals surface area contributed by atoms with Crippen LogP contribution >= 0.6 is 11.8 Å². The molecular weight excluding hydrogens is 540 g/mol. The zero-order valence-corrected chi connectivity index (χ0v) is 24.5. The number of ether oxygens (including phenoxy) is 1. The molecule has 1 aromatic rings. The van der Waals surface area contributed by atoms with Crippen LogP contribution in [0.1, 0.15) is 24.9 Å². The number of amides is 3. The number of carbonyl (C=O) groups is 3. The summed E-state index contributed by atoms with van der Waals surface area (Å²) in [4.78, 5) is 50.9. The summed E-state index contributed by atoms with van der Waals surface area (Å²) in [5.41, 5.74) is 0.778. The van der Waals surface area contributed by atoms with Gasteiger partial charge in [0.05, 0.1) is 42.4 Å². The Kier molecular flexibility index (Phi) is 8.27. The Bertz CT molecular complexity index is 1200. The monoisotopic (exact) mass is 580 g/mol. The van der Waals surface area contributed by atoms with Gasteiger partial charge in [0.15, 0.2) is 0 Å². The molecule has 220 valence electrons. The average molecular weight is 581 g/mol. The molecule has 6 rings (SSSR count). The first-order chi connectivity index (χ1) is 20.0. The number of hydrogen-bond acceptors (Lipinski definition) is 7. The van der Waals surface area contributed by atoms with Crippen LogP contribution in [0.2, 0.25) is 0 Å². The van der Waals surface area contributed by atoms with Crippen molar-refractivity contribution in [2.24, 2.45) is 11.8 Å². The van der Waals surface area contributed by atoms with Gasteiger partial charge in [0.1, 0.15) is 6.04 Å². The first kappa shape index (κ1) is 28.5. The Morgan fingerprint density at radius 1 is 0.976 bits per heavy atom. The molecule has 0 radical (unpaired) electrons. The number of hydrogen-bond donors (Lipinski definition) is 1. The SMILES string of the molecule is CCCN1CC=C[C@H]2S[C@]34C=CCN(CCN5CCOCC5)C(=O)C3N([C@H](CO)c3ccccc3)C(=O)[C@@H]4[C@H]2C1=O. The van der Waals surface area contributed by atoms with E-state index in [4.69, 9.17) is 4.74 Å². The fourth-order valence-corrected chi connectivity index (χ4v) is 9.29. The van der Waals surface area contributed by atoms with Gasteiger partial charge >= 0.3 is 0 Å². The number of fused-ring (bicyclic) bond motifs is 2. The van der Waals surface area contributed by atoms with E-state index in [1.165, 1.54) is 0 Å². The molecule has 3 fully saturated rings. The Balaban J connectivity index is 1.40. The summed E-state index contributed by atoms with van der Waals surface area (Å²) < 4.78 is 4.59. The van der Waals surface area contributed by atoms with Crippen LogP contribution in [0, 0.1) is 11.8 Å². The number of rotatable bonds is 8. The van der Waals surface area contributed by atoms with Crippen molar-refractivity contribution in [3.8, 4) is 0 Å². The van der Waals surface area contributed by atoms with Crippen molar-refractivity contribution in [3.05, 3.63) is 60.2 Å². The van der Waals surface area contributed by atoms with Gasteiger partial charge in [-0.1, -0.05) is 61.6 Å². The normalized spacial score (nSPS) is 32.5. The molecule has 1 N–H and O–H groups in total. The maximum atomic E-state index is 14.6. The molecular formula is C31H40N4O5S. The first-order valence-corrected chi connectivity index (χ1v) is 15.8. The lowest BCUT2D eigenvalue weighted by molar-refractivity contribution is -0.147. The minimum atomic E-state index is -0.894. The molecule has 0 aromatic heterocycles. The predicted molar refractivity (Wildman–Crippen MR) is 157 cm³/mol. The number of carbonyl (C=O) groups excluding carboxylic acids is 3. The molecule has 5 aliphatic heterocycles. The minimum absolute atomic E-state index is 0.0142. The maximum absolute atomic E-state index is 14.6. The highest BCUT2D eigenvalue weighted by molar-refractivity contribution is 8.02. The molecule has 6 atom stereocenters. The second-order valence-electron chi connectivity index (χ2n) is 11.5. The topological polar surface area (TPSA) is 93.6 Å². The van der Waals surface area contributed by atoms with E-state index in [1.807, 2.05) is 59.2 Å². The molecule has 0 aliphatic carbocycles. The van der Waals surface area contributed by atoms with Crippen LogP contribution in [-0.2, 0) is 19.1 Å². The van der Waals surface area contributed by atoms with Gasteiger partial charge in [-0.3, -0.25) is 19.3 Å². The fraction of sp³-hybridized carbons (Fsp3) is 0.581. The van der Waals surface area contributed by atoms with Gasteiger partial charge in [-0.2, -0.15) is 0 Å². The third-order valence-corrected chi connectivity index (χ3v) is 11.0. The number of morpholine rings is 1. The highest BCUT2D eigenvalue weighted by atomic mass is 32.2. The first-order valence-electron chi connectivity index (χ1n) is 14.9. The standard InChI is InChI=1S/C31H40N4O5S/c1-2-12-33-13-6-10-24-25(28(33)37)26-29(38)35(23(21-36)22-8-4-3-5-9-22)27-30(39)34(14-7-11-31(26,27)41-24)16-15-32-17-19-40-20-18-32/h3-11,23-27,36H,2,12-21H2,1H3/t23-,24-,25+,26+,27?,31+/m1/s1. The molecule has 5 heterocycles. The fourth-order valence-electron chi connectivity index (χ4n) is 7.30. The second kappa shape index (κ2) is 11.9. The van der Waals surface area contributed by atoms with Crippen LogP contribution in [0.25, 0.3) is 0 Å². The quantitative estimate of drug-likeness (QED) is 0.467. The molecule has 41 heavy (non-hydrogen) atoms. The number of aliphatic hydroxyl groups is 1. The Morgan fingerprint density at radius 3 is 2.44 bits per heavy atom. The summed E-state index contributed by atoms with van der Waals surface area (Å²) in [6, 6.07) is 7.93. The second-order valence-corrected chi connectivity index (χ2v) is 13.0. The average Bonchev–Trinajstić information content (AvgIpc) is 3.32. The summed E-state index contributed by atoms with van der Waals surface area (Å²) in [7, 11) is 0. The van der Waals surface area contributed by atoms with Crippen LogP contribution in [0.15, 0.2) is 54.6 Å². The van der Waals surface area contributed by atoms with Crippen LogP contribution in [0.5, 0.6) is 0 Å². The molecule has 9 nitrogen and oxygen atoms in total. The lowest BCUT2D eigenvalue weighted by Gasteiger charge is -2.39. The number of benzene rings is 1. The van der Waals surface area contributed by atoms with Gasteiger partial charge < -0.3 is 24.5 Å². The predicted octanol–water partition coefficient (Wildman–Crippen LogP) is 1.56. The number of likely N-dealkylation sites (tertiary alicyclic amines) is 1. The van der Waals surface area contributed by atoms with E-state index in [-0.39, 0.29) is 29.6 Å². The van der Waals surface area contributed by atoms with E-state index in [1.54, 1.807) is 16.7 Å². The third-order valence-electron chi connectivity index (χ3n) is 9.24. The minimum Gasteiger partial charge on any atom is -0.394 e. The van der Waals surface area contributed by atoms with Crippen molar-refractivity contribution in [3.63, 3.8) is 0 Å². The van der Waals surface area contributed by atoms with Crippen LogP contribution in [-0.4, -0.2) is 124 Å². The molecule has 10 heteroatoms. The Morgan fingerprint density at radius 2 is 1.71 bits per heavy atom. The molecule has 1 aromatic carbocycles. The van der Waals surface area contributed by atoms with Crippen molar-refractivity contribution in [2.45, 2.75) is 35.4 Å². The summed E-state index contributed by atoms with van der Waals surface area (Å²) in [6.07, 6.45) is 9.02. The number of nitrogens with zero attached hydrogens (tertiary/aromatic N) is 4. The van der Waals surface area contributed by atoms with E-state index >= 15 is 0 Å². The van der Waals surface area contributed by atoms with E-state index in [0.717, 1.165) is 31.6 Å². The van der Waals surface area contributed by atoms with Gasteiger partial charge in [-0.25, -0.2) is 0 Å². The molecule has 1 spiro atoms. The van der Waals surface area contributed by atoms with E-state index in [2.05, 4.69) is 17.1 Å². The number of thioether (sulfide) groups is 1. The Hall–Kier alpha value is -2.66. The van der Waals surface area contributed by atoms with E-state index in [0.29, 0.717) is 39.4 Å². The summed E-state index contributed by atoms with van der Waals surface area (Å²) in [5.74, 6) is -1.59. The lowest BCUT2D eigenvalue weighted by atomic mass is 9.78. The third kappa shape index (κ3) is 4.92. The van der Waals surface area contributed by atoms with Crippen LogP contribution < -0.4 is 0 Å². The number of aliphatic hydroxyl groups excluding tert-OH is 1. The van der Waals surface area contributed by atoms with Gasteiger partial charge in [0.25, 0.3) is 0 Å². The van der Waals surface area contributed by atoms with E-state index < -0.39 is 28.7 Å². The molecule has 5 aliphatic rings. The Labute approximate surface area is 246 Å².